The van der Waals surface area contributed by atoms with Crippen molar-refractivity contribution in [2.24, 2.45) is 0 Å². The highest BCUT2D eigenvalue weighted by atomic mass is 35.5. The molecule has 2 heterocycles. The fourth-order valence-corrected chi connectivity index (χ4v) is 5.17. The number of nitrogens with zero attached hydrogens (tertiary/aromatic N) is 2. The predicted octanol–water partition coefficient (Wildman–Crippen LogP) is 3.69. The molecule has 0 unspecified atom stereocenters. The Bertz CT molecular complexity index is 883. The van der Waals surface area contributed by atoms with Crippen molar-refractivity contribution in [2.75, 3.05) is 0 Å². The molecule has 4 nitrogen and oxygen atoms in total. The Morgan fingerprint density at radius 3 is 2.80 bits per heavy atom. The zero-order valence-corrected chi connectivity index (χ0v) is 13.5. The maximum absolute atomic E-state index is 12.3. The van der Waals surface area contributed by atoms with Crippen LogP contribution in [0.1, 0.15) is 11.3 Å². The largest absolute Gasteiger partial charge is 0.229 e. The first-order valence-corrected chi connectivity index (χ1v) is 9.36. The van der Waals surface area contributed by atoms with Gasteiger partial charge in [0.1, 0.15) is 5.75 Å². The van der Waals surface area contributed by atoms with Crippen molar-refractivity contribution in [1.82, 2.24) is 9.97 Å². The van der Waals surface area contributed by atoms with Gasteiger partial charge in [-0.15, -0.1) is 22.7 Å². The first-order chi connectivity index (χ1) is 9.44. The van der Waals surface area contributed by atoms with E-state index >= 15 is 0 Å². The van der Waals surface area contributed by atoms with Gasteiger partial charge >= 0.3 is 0 Å². The molecule has 104 valence electrons. The highest BCUT2D eigenvalue weighted by Crippen LogP contribution is 2.28. The Morgan fingerprint density at radius 1 is 1.30 bits per heavy atom. The molecule has 20 heavy (non-hydrogen) atoms. The lowest BCUT2D eigenvalue weighted by molar-refractivity contribution is 0.594. The number of hydrogen-bond acceptors (Lipinski definition) is 6. The number of aromatic nitrogens is 2. The molecule has 0 radical (unpaired) electrons. The van der Waals surface area contributed by atoms with Crippen LogP contribution in [0.3, 0.4) is 0 Å². The molecular formula is C12H9ClN2O2S3. The van der Waals surface area contributed by atoms with Gasteiger partial charge in [0, 0.05) is 5.38 Å². The molecule has 0 fully saturated rings. The number of rotatable bonds is 3. The van der Waals surface area contributed by atoms with Crippen molar-refractivity contribution in [1.29, 1.82) is 0 Å². The molecular weight excluding hydrogens is 336 g/mol. The average molecular weight is 345 g/mol. The van der Waals surface area contributed by atoms with Gasteiger partial charge in [-0.2, -0.15) is 0 Å². The molecule has 0 saturated heterocycles. The number of hydrogen-bond donors (Lipinski definition) is 0. The quantitative estimate of drug-likeness (QED) is 0.727. The van der Waals surface area contributed by atoms with Gasteiger partial charge in [-0.1, -0.05) is 17.7 Å². The van der Waals surface area contributed by atoms with Crippen molar-refractivity contribution in [3.05, 3.63) is 39.3 Å². The Balaban J connectivity index is 2.00. The van der Waals surface area contributed by atoms with Crippen molar-refractivity contribution >= 4 is 54.3 Å². The summed E-state index contributed by atoms with van der Waals surface area (Å²) in [5, 5.41) is 1.65. The monoisotopic (exact) mass is 344 g/mol. The third kappa shape index (κ3) is 2.71. The summed E-state index contributed by atoms with van der Waals surface area (Å²) in [5.74, 6) is -0.172. The maximum atomic E-state index is 12.3. The van der Waals surface area contributed by atoms with Crippen LogP contribution in [0, 0.1) is 6.92 Å². The van der Waals surface area contributed by atoms with Gasteiger partial charge in [0.2, 0.25) is 14.2 Å². The fraction of sp³-hybridized carbons (Fsp3) is 0.167. The van der Waals surface area contributed by atoms with Gasteiger partial charge in [-0.05, 0) is 24.6 Å². The van der Waals surface area contributed by atoms with Crippen molar-refractivity contribution < 1.29 is 8.42 Å². The first-order valence-electron chi connectivity index (χ1n) is 5.64. The minimum absolute atomic E-state index is 0.127. The summed E-state index contributed by atoms with van der Waals surface area (Å²) in [7, 11) is -3.48. The maximum Gasteiger partial charge on any atom is 0.211 e. The van der Waals surface area contributed by atoms with Gasteiger partial charge in [-0.25, -0.2) is 18.4 Å². The molecule has 0 saturated carbocycles. The van der Waals surface area contributed by atoms with Crippen LogP contribution in [0.25, 0.3) is 10.2 Å². The third-order valence-electron chi connectivity index (χ3n) is 2.65. The van der Waals surface area contributed by atoms with Gasteiger partial charge in [-0.3, -0.25) is 0 Å². The number of thiazole rings is 2. The predicted molar refractivity (Wildman–Crippen MR) is 82.4 cm³/mol. The lowest BCUT2D eigenvalue weighted by atomic mass is 10.2. The Morgan fingerprint density at radius 2 is 2.10 bits per heavy atom. The van der Waals surface area contributed by atoms with E-state index in [1.165, 1.54) is 22.7 Å². The van der Waals surface area contributed by atoms with Crippen LogP contribution in [0.15, 0.2) is 27.9 Å². The summed E-state index contributed by atoms with van der Waals surface area (Å²) >= 11 is 8.12. The van der Waals surface area contributed by atoms with Crippen molar-refractivity contribution in [2.45, 2.75) is 17.0 Å². The Kier molecular flexibility index (Phi) is 3.53. The molecule has 3 rings (SSSR count). The van der Waals surface area contributed by atoms with E-state index in [4.69, 9.17) is 11.6 Å². The minimum atomic E-state index is -3.48. The summed E-state index contributed by atoms with van der Waals surface area (Å²) < 4.78 is 26.0. The van der Waals surface area contributed by atoms with E-state index in [0.717, 1.165) is 10.3 Å². The Hall–Kier alpha value is -1.02. The van der Waals surface area contributed by atoms with Gasteiger partial charge in [0.05, 0.1) is 15.9 Å². The van der Waals surface area contributed by atoms with E-state index in [2.05, 4.69) is 9.97 Å². The number of benzene rings is 1. The summed E-state index contributed by atoms with van der Waals surface area (Å²) in [6.45, 7) is 1.95. The first kappa shape index (κ1) is 13.9. The standard InChI is InChI=1S/C12H9ClN2O2S3/c1-7-2-3-10-9(4-7)15-12(19-10)20(16,17)6-8-5-18-11(13)14-8/h2-5H,6H2,1H3. The molecule has 0 aliphatic rings. The molecule has 0 atom stereocenters. The van der Waals surface area contributed by atoms with Crippen LogP contribution in [-0.4, -0.2) is 18.4 Å². The summed E-state index contributed by atoms with van der Waals surface area (Å²) in [5.41, 5.74) is 2.22. The van der Waals surface area contributed by atoms with E-state index in [1.807, 2.05) is 25.1 Å². The molecule has 0 bridgehead atoms. The second-order valence-corrected chi connectivity index (χ2v) is 8.94. The molecule has 8 heteroatoms. The Labute approximate surface area is 129 Å². The molecule has 1 aromatic carbocycles. The van der Waals surface area contributed by atoms with E-state index < -0.39 is 9.84 Å². The molecule has 0 aliphatic carbocycles. The van der Waals surface area contributed by atoms with E-state index in [9.17, 15) is 8.42 Å². The highest BCUT2D eigenvalue weighted by molar-refractivity contribution is 7.92. The lowest BCUT2D eigenvalue weighted by Crippen LogP contribution is -2.04. The molecule has 0 amide bonds. The third-order valence-corrected chi connectivity index (χ3v) is 6.82. The second-order valence-electron chi connectivity index (χ2n) is 4.30. The van der Waals surface area contributed by atoms with Crippen LogP contribution in [0.5, 0.6) is 0 Å². The minimum Gasteiger partial charge on any atom is -0.229 e. The van der Waals surface area contributed by atoms with Crippen LogP contribution in [0.4, 0.5) is 0 Å². The van der Waals surface area contributed by atoms with E-state index in [-0.39, 0.29) is 10.1 Å². The van der Waals surface area contributed by atoms with Crippen LogP contribution in [0.2, 0.25) is 4.47 Å². The lowest BCUT2D eigenvalue weighted by Gasteiger charge is -1.96. The zero-order valence-electron chi connectivity index (χ0n) is 10.3. The second kappa shape index (κ2) is 5.07. The summed E-state index contributed by atoms with van der Waals surface area (Å²) in [6, 6.07) is 5.71. The molecule has 0 aliphatic heterocycles. The number of fused-ring (bicyclic) bond motifs is 1. The van der Waals surface area contributed by atoms with Gasteiger partial charge in [0.25, 0.3) is 0 Å². The van der Waals surface area contributed by atoms with E-state index in [1.54, 1.807) is 5.38 Å². The highest BCUT2D eigenvalue weighted by Gasteiger charge is 2.21. The van der Waals surface area contributed by atoms with Crippen LogP contribution < -0.4 is 0 Å². The van der Waals surface area contributed by atoms with Crippen LogP contribution in [-0.2, 0) is 15.6 Å². The molecule has 0 spiro atoms. The van der Waals surface area contributed by atoms with Crippen LogP contribution >= 0.6 is 34.3 Å². The number of sulfone groups is 1. The van der Waals surface area contributed by atoms with Crippen molar-refractivity contribution in [3.63, 3.8) is 0 Å². The van der Waals surface area contributed by atoms with E-state index in [0.29, 0.717) is 15.7 Å². The molecule has 2 aromatic heterocycles. The average Bonchev–Trinajstić information content (AvgIpc) is 2.95. The number of aryl methyl sites for hydroxylation is 1. The summed E-state index contributed by atoms with van der Waals surface area (Å²) in [6.07, 6.45) is 0. The molecule has 0 N–H and O–H groups in total. The smallest absolute Gasteiger partial charge is 0.211 e. The number of halogens is 1. The SMILES string of the molecule is Cc1ccc2sc(S(=O)(=O)Cc3csc(Cl)n3)nc2c1. The molecule has 3 aromatic rings. The summed E-state index contributed by atoms with van der Waals surface area (Å²) in [4.78, 5) is 8.19. The van der Waals surface area contributed by atoms with Gasteiger partial charge < -0.3 is 0 Å². The van der Waals surface area contributed by atoms with Crippen molar-refractivity contribution in [3.8, 4) is 0 Å². The fourth-order valence-electron chi connectivity index (χ4n) is 1.75. The normalized spacial score (nSPS) is 12.1. The zero-order chi connectivity index (χ0) is 14.3. The van der Waals surface area contributed by atoms with Gasteiger partial charge in [0.15, 0.2) is 4.47 Å². The topological polar surface area (TPSA) is 59.9 Å².